The molecule has 196 valence electrons. The van der Waals surface area contributed by atoms with Gasteiger partial charge in [-0.25, -0.2) is 4.79 Å². The van der Waals surface area contributed by atoms with Gasteiger partial charge in [0.2, 0.25) is 7.37 Å². The van der Waals surface area contributed by atoms with Gasteiger partial charge in [0.25, 0.3) is 0 Å². The first kappa shape index (κ1) is 32.3. The van der Waals surface area contributed by atoms with E-state index >= 15 is 0 Å². The summed E-state index contributed by atoms with van der Waals surface area (Å²) in [5, 5.41) is 0.219. The topological polar surface area (TPSA) is 93.1 Å². The molecule has 0 aliphatic carbocycles. The molecule has 1 aromatic rings. The van der Waals surface area contributed by atoms with Crippen LogP contribution in [0.25, 0.3) is 6.08 Å². The maximum Gasteiger partial charge on any atom is 0.330 e. The van der Waals surface area contributed by atoms with E-state index in [1.807, 2.05) is 18.3 Å². The third kappa shape index (κ3) is 13.3. The molecule has 0 bridgehead atoms. The lowest BCUT2D eigenvalue weighted by molar-refractivity contribution is -0.140. The molecular formula is C24H44NO7PSi. The predicted molar refractivity (Wildman–Crippen MR) is 140 cm³/mol. The zero-order valence-electron chi connectivity index (χ0n) is 22.4. The lowest BCUT2D eigenvalue weighted by atomic mass is 10.2. The Morgan fingerprint density at radius 3 is 2.24 bits per heavy atom. The molecule has 0 aromatic carbocycles. The lowest BCUT2D eigenvalue weighted by Gasteiger charge is -2.36. The van der Waals surface area contributed by atoms with Gasteiger partial charge in [0, 0.05) is 31.2 Å². The summed E-state index contributed by atoms with van der Waals surface area (Å²) in [4.78, 5) is 22.2. The van der Waals surface area contributed by atoms with Gasteiger partial charge in [0.1, 0.15) is 6.16 Å². The van der Waals surface area contributed by atoms with Crippen molar-refractivity contribution in [2.45, 2.75) is 66.2 Å². The summed E-state index contributed by atoms with van der Waals surface area (Å²) in [6.45, 7) is 20.4. The highest BCUT2D eigenvalue weighted by Crippen LogP contribution is 2.41. The Hall–Kier alpha value is -1.67. The Balaban J connectivity index is 0.000000770. The van der Waals surface area contributed by atoms with E-state index in [2.05, 4.69) is 43.2 Å². The number of hydrogen-bond acceptors (Lipinski definition) is 7. The second-order valence-electron chi connectivity index (χ2n) is 9.22. The van der Waals surface area contributed by atoms with E-state index in [0.29, 0.717) is 26.4 Å². The number of carbonyl (C=O) groups is 2. The quantitative estimate of drug-likeness (QED) is 0.155. The SMILES string of the molecule is CCOC(=O)/C=C/c1cccn1CCO[Si](C)(C)C(C)(C)C.CCOC(=O)CP(C)(=O)OCC. The fourth-order valence-electron chi connectivity index (χ4n) is 2.50. The molecule has 1 heterocycles. The number of ether oxygens (including phenoxy) is 2. The van der Waals surface area contributed by atoms with Gasteiger partial charge in [-0.05, 0) is 57.1 Å². The minimum atomic E-state index is -2.75. The zero-order chi connectivity index (χ0) is 26.4. The average Bonchev–Trinajstić information content (AvgIpc) is 3.13. The van der Waals surface area contributed by atoms with E-state index in [0.717, 1.165) is 12.2 Å². The maximum atomic E-state index is 11.4. The number of carbonyl (C=O) groups excluding carboxylic acids is 2. The van der Waals surface area contributed by atoms with Gasteiger partial charge in [-0.15, -0.1) is 0 Å². The molecule has 0 saturated heterocycles. The molecule has 1 rings (SSSR count). The van der Waals surface area contributed by atoms with Crippen LogP contribution in [-0.2, 0) is 39.1 Å². The first-order valence-corrected chi connectivity index (χ1v) is 16.9. The molecule has 0 N–H and O–H groups in total. The highest BCUT2D eigenvalue weighted by molar-refractivity contribution is 7.59. The largest absolute Gasteiger partial charge is 0.466 e. The summed E-state index contributed by atoms with van der Waals surface area (Å²) in [5.41, 5.74) is 0.979. The number of nitrogens with zero attached hydrogens (tertiary/aromatic N) is 1. The van der Waals surface area contributed by atoms with Crippen molar-refractivity contribution in [3.05, 3.63) is 30.1 Å². The van der Waals surface area contributed by atoms with Gasteiger partial charge in [-0.1, -0.05) is 20.8 Å². The second-order valence-corrected chi connectivity index (χ2v) is 16.6. The standard InChI is InChI=1S/C17H29NO3Si.C7H15O4P/c1-7-20-16(19)11-10-15-9-8-12-18(15)13-14-21-22(5,6)17(2,3)4;1-4-10-7(8)6-12(3,9)11-5-2/h8-12H,7,13-14H2,1-6H3;4-6H2,1-3H3/b11-10+;. The minimum Gasteiger partial charge on any atom is -0.466 e. The van der Waals surface area contributed by atoms with Crippen molar-refractivity contribution in [3.63, 3.8) is 0 Å². The van der Waals surface area contributed by atoms with E-state index in [9.17, 15) is 14.2 Å². The molecule has 1 aromatic heterocycles. The van der Waals surface area contributed by atoms with Gasteiger partial charge >= 0.3 is 11.9 Å². The molecule has 1 unspecified atom stereocenters. The normalized spacial score (nSPS) is 13.7. The number of hydrogen-bond donors (Lipinski definition) is 0. The Bertz CT molecular complexity index is 828. The van der Waals surface area contributed by atoms with E-state index in [1.165, 1.54) is 12.7 Å². The van der Waals surface area contributed by atoms with Gasteiger partial charge in [0.15, 0.2) is 8.32 Å². The minimum absolute atomic E-state index is 0.130. The molecule has 0 aliphatic rings. The molecule has 34 heavy (non-hydrogen) atoms. The van der Waals surface area contributed by atoms with Crippen molar-refractivity contribution < 1.29 is 32.6 Å². The van der Waals surface area contributed by atoms with Crippen LogP contribution in [0.2, 0.25) is 18.1 Å². The highest BCUT2D eigenvalue weighted by Gasteiger charge is 2.36. The number of rotatable bonds is 12. The molecule has 8 nitrogen and oxygen atoms in total. The fourth-order valence-corrected chi connectivity index (χ4v) is 4.73. The molecule has 0 amide bonds. The third-order valence-corrected chi connectivity index (χ3v) is 11.4. The maximum absolute atomic E-state index is 11.4. The molecule has 1 atom stereocenters. The average molecular weight is 518 g/mol. The van der Waals surface area contributed by atoms with Crippen LogP contribution in [0.3, 0.4) is 0 Å². The van der Waals surface area contributed by atoms with Gasteiger partial charge < -0.3 is 23.0 Å². The summed E-state index contributed by atoms with van der Waals surface area (Å²) >= 11 is 0. The predicted octanol–water partition coefficient (Wildman–Crippen LogP) is 5.58. The van der Waals surface area contributed by atoms with Crippen molar-refractivity contribution in [1.82, 2.24) is 4.57 Å². The Morgan fingerprint density at radius 1 is 1.09 bits per heavy atom. The lowest BCUT2D eigenvalue weighted by Crippen LogP contribution is -2.41. The number of esters is 2. The number of aromatic nitrogens is 1. The summed E-state index contributed by atoms with van der Waals surface area (Å²) in [7, 11) is -4.46. The summed E-state index contributed by atoms with van der Waals surface area (Å²) in [6.07, 6.45) is 5.11. The molecule has 0 radical (unpaired) electrons. The summed E-state index contributed by atoms with van der Waals surface area (Å²) < 4.78 is 34.1. The molecule has 10 heteroatoms. The van der Waals surface area contributed by atoms with Crippen LogP contribution < -0.4 is 0 Å². The van der Waals surface area contributed by atoms with Crippen LogP contribution >= 0.6 is 7.37 Å². The van der Waals surface area contributed by atoms with Crippen LogP contribution in [0.1, 0.15) is 47.2 Å². The van der Waals surface area contributed by atoms with Crippen molar-refractivity contribution in [2.24, 2.45) is 0 Å². The van der Waals surface area contributed by atoms with E-state index in [4.69, 9.17) is 13.7 Å². The second kappa shape index (κ2) is 15.3. The summed E-state index contributed by atoms with van der Waals surface area (Å²) in [5.74, 6) is -0.774. The molecule has 0 saturated carbocycles. The molecule has 0 spiro atoms. The van der Waals surface area contributed by atoms with E-state index in [1.54, 1.807) is 26.8 Å². The molecular weight excluding hydrogens is 473 g/mol. The van der Waals surface area contributed by atoms with E-state index < -0.39 is 21.7 Å². The molecule has 0 fully saturated rings. The Labute approximate surface area is 206 Å². The van der Waals surface area contributed by atoms with Crippen LogP contribution in [-0.4, -0.2) is 64.1 Å². The van der Waals surface area contributed by atoms with Crippen LogP contribution in [0, 0.1) is 0 Å². The third-order valence-electron chi connectivity index (χ3n) is 5.27. The van der Waals surface area contributed by atoms with Gasteiger partial charge in [0.05, 0.1) is 26.4 Å². The zero-order valence-corrected chi connectivity index (χ0v) is 24.3. The van der Waals surface area contributed by atoms with Crippen LogP contribution in [0.4, 0.5) is 0 Å². The summed E-state index contributed by atoms with van der Waals surface area (Å²) in [6, 6.07) is 3.94. The van der Waals surface area contributed by atoms with Gasteiger partial charge in [-0.2, -0.15) is 0 Å². The van der Waals surface area contributed by atoms with Crippen LogP contribution in [0.5, 0.6) is 0 Å². The van der Waals surface area contributed by atoms with Crippen LogP contribution in [0.15, 0.2) is 24.4 Å². The highest BCUT2D eigenvalue weighted by atomic mass is 31.2. The van der Waals surface area contributed by atoms with Gasteiger partial charge in [-0.3, -0.25) is 9.36 Å². The van der Waals surface area contributed by atoms with Crippen molar-refractivity contribution in [2.75, 3.05) is 39.3 Å². The Morgan fingerprint density at radius 2 is 1.71 bits per heavy atom. The van der Waals surface area contributed by atoms with E-state index in [-0.39, 0.29) is 17.2 Å². The first-order valence-electron chi connectivity index (χ1n) is 11.7. The first-order chi connectivity index (χ1) is 15.7. The molecule has 0 aliphatic heterocycles. The van der Waals surface area contributed by atoms with Crippen molar-refractivity contribution in [1.29, 1.82) is 0 Å². The monoisotopic (exact) mass is 517 g/mol. The Kier molecular flexibility index (Phi) is 14.6. The van der Waals surface area contributed by atoms with Crippen molar-refractivity contribution >= 4 is 33.7 Å². The van der Waals surface area contributed by atoms with Crippen molar-refractivity contribution in [3.8, 4) is 0 Å². The smallest absolute Gasteiger partial charge is 0.330 e. The fraction of sp³-hybridized carbons (Fsp3) is 0.667.